The van der Waals surface area contributed by atoms with E-state index in [1.54, 1.807) is 6.20 Å². The molecule has 1 atom stereocenters. The molecule has 0 aromatic carbocycles. The highest BCUT2D eigenvalue weighted by Gasteiger charge is 2.10. The summed E-state index contributed by atoms with van der Waals surface area (Å²) in [7, 11) is 0. The monoisotopic (exact) mass is 189 g/mol. The van der Waals surface area contributed by atoms with Gasteiger partial charge in [0.2, 0.25) is 0 Å². The lowest BCUT2D eigenvalue weighted by molar-refractivity contribution is 0.545. The van der Waals surface area contributed by atoms with Crippen molar-refractivity contribution < 1.29 is 0 Å². The first-order valence-corrected chi connectivity index (χ1v) is 4.71. The summed E-state index contributed by atoms with van der Waals surface area (Å²) in [5.41, 5.74) is 1.89. The van der Waals surface area contributed by atoms with E-state index in [4.69, 9.17) is 5.26 Å². The van der Waals surface area contributed by atoms with Gasteiger partial charge < -0.3 is 0 Å². The molecule has 0 amide bonds. The number of aryl methyl sites for hydroxylation is 1. The molecule has 14 heavy (non-hydrogen) atoms. The quantitative estimate of drug-likeness (QED) is 0.790. The third-order valence-corrected chi connectivity index (χ3v) is 1.90. The maximum atomic E-state index is 8.96. The van der Waals surface area contributed by atoms with E-state index in [9.17, 15) is 0 Å². The Kier molecular flexibility index (Phi) is 3.61. The van der Waals surface area contributed by atoms with Gasteiger partial charge in [0.1, 0.15) is 6.04 Å². The summed E-state index contributed by atoms with van der Waals surface area (Å²) in [6.45, 7) is 5.97. The molecule has 1 aromatic heterocycles. The van der Waals surface area contributed by atoms with Crippen molar-refractivity contribution in [1.82, 2.24) is 10.3 Å². The van der Waals surface area contributed by atoms with Gasteiger partial charge in [-0.25, -0.2) is 0 Å². The van der Waals surface area contributed by atoms with Gasteiger partial charge in [0, 0.05) is 23.5 Å². The summed E-state index contributed by atoms with van der Waals surface area (Å²) in [5.74, 6) is 0. The first-order chi connectivity index (χ1) is 6.63. The van der Waals surface area contributed by atoms with E-state index >= 15 is 0 Å². The Hall–Kier alpha value is -1.40. The molecule has 0 spiro atoms. The minimum Gasteiger partial charge on any atom is -0.296 e. The molecule has 3 nitrogen and oxygen atoms in total. The standard InChI is InChI=1S/C11H15N3/c1-8(2)14-11(6-12)10-5-4-9(3)13-7-10/h4-5,7-8,11,14H,1-3H3. The minimum absolute atomic E-state index is 0.261. The highest BCUT2D eigenvalue weighted by molar-refractivity contribution is 5.22. The normalized spacial score (nSPS) is 12.5. The lowest BCUT2D eigenvalue weighted by Gasteiger charge is -2.14. The summed E-state index contributed by atoms with van der Waals surface area (Å²) in [6.07, 6.45) is 1.75. The van der Waals surface area contributed by atoms with Gasteiger partial charge >= 0.3 is 0 Å². The van der Waals surface area contributed by atoms with Gasteiger partial charge in [-0.3, -0.25) is 10.3 Å². The van der Waals surface area contributed by atoms with Crippen LogP contribution in [0.2, 0.25) is 0 Å². The fraction of sp³-hybridized carbons (Fsp3) is 0.455. The Morgan fingerprint density at radius 1 is 1.43 bits per heavy atom. The van der Waals surface area contributed by atoms with Crippen LogP contribution in [0.4, 0.5) is 0 Å². The highest BCUT2D eigenvalue weighted by atomic mass is 14.9. The van der Waals surface area contributed by atoms with Crippen LogP contribution in [0.1, 0.15) is 31.1 Å². The predicted octanol–water partition coefficient (Wildman–Crippen LogP) is 1.95. The van der Waals surface area contributed by atoms with Crippen LogP contribution in [0.15, 0.2) is 18.3 Å². The van der Waals surface area contributed by atoms with Gasteiger partial charge in [-0.05, 0) is 26.8 Å². The van der Waals surface area contributed by atoms with Gasteiger partial charge in [0.25, 0.3) is 0 Å². The van der Waals surface area contributed by atoms with Crippen molar-refractivity contribution in [2.45, 2.75) is 32.9 Å². The van der Waals surface area contributed by atoms with Crippen LogP contribution in [-0.2, 0) is 0 Å². The number of nitrogens with zero attached hydrogens (tertiary/aromatic N) is 2. The van der Waals surface area contributed by atoms with Crippen molar-refractivity contribution in [1.29, 1.82) is 5.26 Å². The van der Waals surface area contributed by atoms with Crippen LogP contribution in [0.3, 0.4) is 0 Å². The zero-order valence-electron chi connectivity index (χ0n) is 8.78. The Balaban J connectivity index is 2.80. The summed E-state index contributed by atoms with van der Waals surface area (Å²) < 4.78 is 0. The number of hydrogen-bond acceptors (Lipinski definition) is 3. The van der Waals surface area contributed by atoms with E-state index in [1.807, 2.05) is 32.9 Å². The minimum atomic E-state index is -0.261. The second kappa shape index (κ2) is 4.73. The number of hydrogen-bond donors (Lipinski definition) is 1. The molecule has 0 fully saturated rings. The fourth-order valence-corrected chi connectivity index (χ4v) is 1.19. The number of pyridine rings is 1. The molecule has 1 rings (SSSR count). The van der Waals surface area contributed by atoms with Crippen molar-refractivity contribution in [3.63, 3.8) is 0 Å². The van der Waals surface area contributed by atoms with Gasteiger partial charge in [-0.15, -0.1) is 0 Å². The van der Waals surface area contributed by atoms with Crippen LogP contribution in [-0.4, -0.2) is 11.0 Å². The third-order valence-electron chi connectivity index (χ3n) is 1.90. The molecule has 0 aliphatic carbocycles. The first-order valence-electron chi connectivity index (χ1n) is 4.71. The average Bonchev–Trinajstić information content (AvgIpc) is 2.15. The molecule has 3 heteroatoms. The number of nitrogens with one attached hydrogen (secondary N) is 1. The summed E-state index contributed by atoms with van der Waals surface area (Å²) in [4.78, 5) is 4.16. The van der Waals surface area contributed by atoms with Crippen LogP contribution < -0.4 is 5.32 Å². The summed E-state index contributed by atoms with van der Waals surface area (Å²) in [5, 5.41) is 12.1. The highest BCUT2D eigenvalue weighted by Crippen LogP contribution is 2.11. The van der Waals surface area contributed by atoms with Crippen molar-refractivity contribution in [3.8, 4) is 6.07 Å². The molecule has 1 unspecified atom stereocenters. The zero-order valence-corrected chi connectivity index (χ0v) is 8.78. The van der Waals surface area contributed by atoms with Crippen LogP contribution in [0.5, 0.6) is 0 Å². The molecular formula is C11H15N3. The van der Waals surface area contributed by atoms with Gasteiger partial charge in [0.15, 0.2) is 0 Å². The molecule has 1 aromatic rings. The lowest BCUT2D eigenvalue weighted by atomic mass is 10.1. The topological polar surface area (TPSA) is 48.7 Å². The van der Waals surface area contributed by atoms with Crippen LogP contribution >= 0.6 is 0 Å². The van der Waals surface area contributed by atoms with Crippen LogP contribution in [0, 0.1) is 18.3 Å². The van der Waals surface area contributed by atoms with E-state index < -0.39 is 0 Å². The molecule has 1 N–H and O–H groups in total. The molecule has 0 radical (unpaired) electrons. The third kappa shape index (κ3) is 2.82. The number of nitriles is 1. The van der Waals surface area contributed by atoms with E-state index in [0.717, 1.165) is 11.3 Å². The Labute approximate surface area is 84.8 Å². The van der Waals surface area contributed by atoms with E-state index in [-0.39, 0.29) is 6.04 Å². The smallest absolute Gasteiger partial charge is 0.123 e. The van der Waals surface area contributed by atoms with Crippen molar-refractivity contribution in [2.75, 3.05) is 0 Å². The average molecular weight is 189 g/mol. The SMILES string of the molecule is Cc1ccc(C(C#N)NC(C)C)cn1. The second-order valence-electron chi connectivity index (χ2n) is 3.62. The largest absolute Gasteiger partial charge is 0.296 e. The van der Waals surface area contributed by atoms with Crippen molar-refractivity contribution in [2.24, 2.45) is 0 Å². The second-order valence-corrected chi connectivity index (χ2v) is 3.62. The number of aromatic nitrogens is 1. The first kappa shape index (κ1) is 10.7. The maximum absolute atomic E-state index is 8.96. The van der Waals surface area contributed by atoms with Gasteiger partial charge in [-0.2, -0.15) is 5.26 Å². The number of rotatable bonds is 3. The molecule has 1 heterocycles. The predicted molar refractivity (Wildman–Crippen MR) is 55.6 cm³/mol. The molecule has 0 saturated heterocycles. The van der Waals surface area contributed by atoms with Crippen molar-refractivity contribution >= 4 is 0 Å². The molecule has 0 aliphatic heterocycles. The Morgan fingerprint density at radius 2 is 2.14 bits per heavy atom. The zero-order chi connectivity index (χ0) is 10.6. The summed E-state index contributed by atoms with van der Waals surface area (Å²) in [6, 6.07) is 6.10. The Morgan fingerprint density at radius 3 is 2.57 bits per heavy atom. The Bertz CT molecular complexity index is 321. The molecule has 0 bridgehead atoms. The molecular weight excluding hydrogens is 174 g/mol. The van der Waals surface area contributed by atoms with E-state index in [2.05, 4.69) is 16.4 Å². The van der Waals surface area contributed by atoms with Crippen LogP contribution in [0.25, 0.3) is 0 Å². The van der Waals surface area contributed by atoms with Crippen molar-refractivity contribution in [3.05, 3.63) is 29.6 Å². The molecule has 0 aliphatic rings. The molecule has 0 saturated carbocycles. The van der Waals surface area contributed by atoms with E-state index in [0.29, 0.717) is 6.04 Å². The molecule has 74 valence electrons. The van der Waals surface area contributed by atoms with Gasteiger partial charge in [-0.1, -0.05) is 6.07 Å². The maximum Gasteiger partial charge on any atom is 0.123 e. The van der Waals surface area contributed by atoms with E-state index in [1.165, 1.54) is 0 Å². The van der Waals surface area contributed by atoms with Gasteiger partial charge in [0.05, 0.1) is 6.07 Å². The summed E-state index contributed by atoms with van der Waals surface area (Å²) >= 11 is 0. The lowest BCUT2D eigenvalue weighted by Crippen LogP contribution is -2.27. The fourth-order valence-electron chi connectivity index (χ4n) is 1.19.